The smallest absolute Gasteiger partial charge is 0.247 e. The Morgan fingerprint density at radius 2 is 1.83 bits per heavy atom. The summed E-state index contributed by atoms with van der Waals surface area (Å²) >= 11 is 0. The van der Waals surface area contributed by atoms with Crippen LogP contribution in [-0.2, 0) is 4.79 Å². The second kappa shape index (κ2) is 6.60. The van der Waals surface area contributed by atoms with Crippen LogP contribution in [0.2, 0.25) is 0 Å². The Bertz CT molecular complexity index is 819. The third-order valence-electron chi connectivity index (χ3n) is 4.42. The first-order chi connectivity index (χ1) is 11.5. The number of aryl methyl sites for hydroxylation is 2. The number of hydrogen-bond donors (Lipinski definition) is 1. The summed E-state index contributed by atoms with van der Waals surface area (Å²) in [6, 6.07) is 11.2. The van der Waals surface area contributed by atoms with Gasteiger partial charge < -0.3 is 5.32 Å². The number of halogens is 1. The van der Waals surface area contributed by atoms with Crippen LogP contribution in [0.4, 0.5) is 4.39 Å². The molecule has 0 saturated heterocycles. The zero-order valence-electron chi connectivity index (χ0n) is 14.3. The van der Waals surface area contributed by atoms with Crippen LogP contribution in [0.25, 0.3) is 17.2 Å². The average molecular weight is 323 g/mol. The Morgan fingerprint density at radius 3 is 2.50 bits per heavy atom. The maximum absolute atomic E-state index is 14.1. The molecule has 2 aromatic rings. The van der Waals surface area contributed by atoms with Gasteiger partial charge in [-0.1, -0.05) is 30.3 Å². The highest BCUT2D eigenvalue weighted by Crippen LogP contribution is 2.29. The third-order valence-corrected chi connectivity index (χ3v) is 4.42. The van der Waals surface area contributed by atoms with Crippen molar-refractivity contribution in [3.63, 3.8) is 0 Å². The molecule has 1 amide bonds. The molecule has 2 aromatic carbocycles. The zero-order valence-corrected chi connectivity index (χ0v) is 14.3. The van der Waals surface area contributed by atoms with E-state index in [0.717, 1.165) is 35.1 Å². The zero-order chi connectivity index (χ0) is 17.3. The Kier molecular flexibility index (Phi) is 4.52. The molecule has 0 aromatic heterocycles. The van der Waals surface area contributed by atoms with E-state index in [0.29, 0.717) is 17.2 Å². The van der Waals surface area contributed by atoms with Gasteiger partial charge in [-0.3, -0.25) is 4.79 Å². The second-order valence-corrected chi connectivity index (χ2v) is 6.58. The van der Waals surface area contributed by atoms with Gasteiger partial charge in [0.05, 0.1) is 0 Å². The molecular weight excluding hydrogens is 301 g/mol. The van der Waals surface area contributed by atoms with Crippen LogP contribution in [-0.4, -0.2) is 11.9 Å². The molecule has 0 atom stereocenters. The second-order valence-electron chi connectivity index (χ2n) is 6.58. The molecule has 1 aliphatic carbocycles. The lowest BCUT2D eigenvalue weighted by Gasteiger charge is -2.12. The molecule has 0 heterocycles. The van der Waals surface area contributed by atoms with Crippen LogP contribution in [0, 0.1) is 19.7 Å². The monoisotopic (exact) mass is 323 g/mol. The lowest BCUT2D eigenvalue weighted by Crippen LogP contribution is -2.25. The normalized spacial score (nSPS) is 14.6. The molecule has 1 fully saturated rings. The van der Waals surface area contributed by atoms with E-state index in [1.165, 1.54) is 6.07 Å². The van der Waals surface area contributed by atoms with Crippen LogP contribution in [0.5, 0.6) is 0 Å². The van der Waals surface area contributed by atoms with E-state index < -0.39 is 0 Å². The molecular formula is C21H22FNO. The summed E-state index contributed by atoms with van der Waals surface area (Å²) in [6.45, 7) is 5.79. The van der Waals surface area contributed by atoms with Crippen molar-refractivity contribution in [2.75, 3.05) is 0 Å². The highest BCUT2D eigenvalue weighted by atomic mass is 19.1. The maximum atomic E-state index is 14.1. The minimum atomic E-state index is -0.219. The highest BCUT2D eigenvalue weighted by molar-refractivity contribution is 5.97. The topological polar surface area (TPSA) is 29.1 Å². The summed E-state index contributed by atoms with van der Waals surface area (Å²) in [5.74, 6) is -0.226. The number of nitrogens with one attached hydrogen (secondary N) is 1. The van der Waals surface area contributed by atoms with Gasteiger partial charge in [0.1, 0.15) is 5.82 Å². The lowest BCUT2D eigenvalue weighted by molar-refractivity contribution is -0.117. The Hall–Kier alpha value is -2.42. The van der Waals surface area contributed by atoms with Gasteiger partial charge in [0.15, 0.2) is 0 Å². The fourth-order valence-electron chi connectivity index (χ4n) is 2.79. The van der Waals surface area contributed by atoms with Gasteiger partial charge in [0.25, 0.3) is 0 Å². The molecule has 0 spiro atoms. The maximum Gasteiger partial charge on any atom is 0.247 e. The van der Waals surface area contributed by atoms with Gasteiger partial charge in [-0.2, -0.15) is 0 Å². The Morgan fingerprint density at radius 1 is 1.12 bits per heavy atom. The van der Waals surface area contributed by atoms with Crippen molar-refractivity contribution < 1.29 is 9.18 Å². The number of hydrogen-bond acceptors (Lipinski definition) is 1. The largest absolute Gasteiger partial charge is 0.350 e. The van der Waals surface area contributed by atoms with Gasteiger partial charge in [-0.05, 0) is 68.0 Å². The van der Waals surface area contributed by atoms with Crippen molar-refractivity contribution in [2.24, 2.45) is 0 Å². The van der Waals surface area contributed by atoms with Crippen molar-refractivity contribution >= 4 is 12.0 Å². The molecule has 0 aliphatic heterocycles. The molecule has 0 radical (unpaired) electrons. The summed E-state index contributed by atoms with van der Waals surface area (Å²) in [4.78, 5) is 12.1. The fraction of sp³-hybridized carbons (Fsp3) is 0.286. The minimum absolute atomic E-state index is 0.00673. The van der Waals surface area contributed by atoms with E-state index in [9.17, 15) is 9.18 Å². The molecule has 2 nitrogen and oxygen atoms in total. The minimum Gasteiger partial charge on any atom is -0.350 e. The molecule has 1 aliphatic rings. The van der Waals surface area contributed by atoms with Crippen molar-refractivity contribution in [1.82, 2.24) is 5.32 Å². The summed E-state index contributed by atoms with van der Waals surface area (Å²) in [5, 5.41) is 3.00. The van der Waals surface area contributed by atoms with Crippen molar-refractivity contribution in [3.05, 3.63) is 64.5 Å². The van der Waals surface area contributed by atoms with Crippen molar-refractivity contribution in [1.29, 1.82) is 0 Å². The summed E-state index contributed by atoms with van der Waals surface area (Å²) in [7, 11) is 0. The van der Waals surface area contributed by atoms with Crippen LogP contribution < -0.4 is 5.32 Å². The van der Waals surface area contributed by atoms with Gasteiger partial charge in [-0.25, -0.2) is 4.39 Å². The number of amides is 1. The van der Waals surface area contributed by atoms with Crippen LogP contribution in [0.3, 0.4) is 0 Å². The Labute approximate surface area is 142 Å². The summed E-state index contributed by atoms with van der Waals surface area (Å²) in [6.07, 6.45) is 4.06. The van der Waals surface area contributed by atoms with Crippen molar-refractivity contribution in [3.8, 4) is 11.1 Å². The predicted molar refractivity (Wildman–Crippen MR) is 96.1 cm³/mol. The van der Waals surface area contributed by atoms with Gasteiger partial charge >= 0.3 is 0 Å². The van der Waals surface area contributed by atoms with Crippen molar-refractivity contribution in [2.45, 2.75) is 39.7 Å². The number of benzene rings is 2. The fourth-order valence-corrected chi connectivity index (χ4v) is 2.79. The van der Waals surface area contributed by atoms with Crippen LogP contribution in [0.15, 0.2) is 42.0 Å². The number of carbonyl (C=O) groups is 1. The molecule has 0 unspecified atom stereocenters. The first-order valence-corrected chi connectivity index (χ1v) is 8.31. The van der Waals surface area contributed by atoms with E-state index in [4.69, 9.17) is 0 Å². The molecule has 0 bridgehead atoms. The van der Waals surface area contributed by atoms with Gasteiger partial charge in [0, 0.05) is 17.2 Å². The number of carbonyl (C=O) groups excluding carboxylic acids is 1. The quantitative estimate of drug-likeness (QED) is 0.805. The lowest BCUT2D eigenvalue weighted by atomic mass is 9.94. The average Bonchev–Trinajstić information content (AvgIpc) is 3.35. The summed E-state index contributed by atoms with van der Waals surface area (Å²) < 4.78 is 14.1. The van der Waals surface area contributed by atoms with E-state index in [1.807, 2.05) is 45.0 Å². The SMILES string of the molecule is CC(=Cc1cc(C)c(-c2ccccc2F)cc1C)C(=O)NC1CC1. The molecule has 3 heteroatoms. The molecule has 124 valence electrons. The van der Waals surface area contributed by atoms with E-state index in [1.54, 1.807) is 12.1 Å². The Balaban J connectivity index is 1.92. The van der Waals surface area contributed by atoms with Crippen LogP contribution in [0.1, 0.15) is 36.5 Å². The standard InChI is InChI=1S/C21H22FNO/c1-13-12-19(18-6-4-5-7-20(18)22)14(2)10-16(13)11-15(3)21(24)23-17-8-9-17/h4-7,10-12,17H,8-9H2,1-3H3,(H,23,24). The first kappa shape index (κ1) is 16.4. The molecule has 1 saturated carbocycles. The van der Waals surface area contributed by atoms with Gasteiger partial charge in [-0.15, -0.1) is 0 Å². The van der Waals surface area contributed by atoms with E-state index in [-0.39, 0.29) is 11.7 Å². The predicted octanol–water partition coefficient (Wildman–Crippen LogP) is 4.79. The first-order valence-electron chi connectivity index (χ1n) is 8.31. The highest BCUT2D eigenvalue weighted by Gasteiger charge is 2.23. The third kappa shape index (κ3) is 3.56. The summed E-state index contributed by atoms with van der Waals surface area (Å²) in [5.41, 5.74) is 5.21. The van der Waals surface area contributed by atoms with E-state index >= 15 is 0 Å². The number of rotatable bonds is 4. The van der Waals surface area contributed by atoms with Crippen LogP contribution >= 0.6 is 0 Å². The molecule has 3 rings (SSSR count). The molecule has 1 N–H and O–H groups in total. The van der Waals surface area contributed by atoms with Gasteiger partial charge in [0.2, 0.25) is 5.91 Å². The van der Waals surface area contributed by atoms with E-state index in [2.05, 4.69) is 5.32 Å². The molecule has 24 heavy (non-hydrogen) atoms.